The first-order valence-corrected chi connectivity index (χ1v) is 8.15. The molecule has 5 heteroatoms. The van der Waals surface area contributed by atoms with Gasteiger partial charge in [-0.3, -0.25) is 4.79 Å². The zero-order valence-electron chi connectivity index (χ0n) is 13.1. The fourth-order valence-electron chi connectivity index (χ4n) is 1.88. The summed E-state index contributed by atoms with van der Waals surface area (Å²) in [5, 5.41) is 3.93. The second-order valence-corrected chi connectivity index (χ2v) is 6.19. The molecule has 4 nitrogen and oxygen atoms in total. The lowest BCUT2D eigenvalue weighted by atomic mass is 10.0. The van der Waals surface area contributed by atoms with E-state index >= 15 is 0 Å². The fourth-order valence-corrected chi connectivity index (χ4v) is 2.28. The van der Waals surface area contributed by atoms with Crippen molar-refractivity contribution in [3.63, 3.8) is 0 Å². The van der Waals surface area contributed by atoms with Crippen LogP contribution in [0.3, 0.4) is 0 Å². The monoisotopic (exact) mass is 374 g/mol. The number of benzene rings is 2. The van der Waals surface area contributed by atoms with Gasteiger partial charge in [-0.05, 0) is 45.1 Å². The van der Waals surface area contributed by atoms with Crippen LogP contribution in [0.1, 0.15) is 30.9 Å². The summed E-state index contributed by atoms with van der Waals surface area (Å²) in [7, 11) is 0. The summed E-state index contributed by atoms with van der Waals surface area (Å²) in [6, 6.07) is 15.4. The van der Waals surface area contributed by atoms with Crippen molar-refractivity contribution in [2.45, 2.75) is 19.8 Å². The Labute approximate surface area is 144 Å². The topological polar surface area (TPSA) is 50.7 Å². The fraction of sp³-hybridized carbons (Fsp3) is 0.222. The second kappa shape index (κ2) is 8.48. The molecule has 2 rings (SSSR count). The van der Waals surface area contributed by atoms with E-state index in [1.165, 1.54) is 5.56 Å². The van der Waals surface area contributed by atoms with Crippen molar-refractivity contribution in [3.05, 3.63) is 64.1 Å². The molecule has 0 spiro atoms. The molecule has 0 atom stereocenters. The molecule has 0 aliphatic carbocycles. The van der Waals surface area contributed by atoms with Crippen LogP contribution in [-0.4, -0.2) is 18.7 Å². The molecular weight excluding hydrogens is 356 g/mol. The number of hydrazone groups is 1. The van der Waals surface area contributed by atoms with Gasteiger partial charge < -0.3 is 4.74 Å². The quantitative estimate of drug-likeness (QED) is 0.611. The molecule has 0 bridgehead atoms. The van der Waals surface area contributed by atoms with Gasteiger partial charge in [0.2, 0.25) is 0 Å². The first kappa shape index (κ1) is 17.2. The first-order valence-electron chi connectivity index (χ1n) is 7.35. The van der Waals surface area contributed by atoms with E-state index in [-0.39, 0.29) is 12.5 Å². The van der Waals surface area contributed by atoms with Crippen molar-refractivity contribution >= 4 is 28.1 Å². The minimum atomic E-state index is -0.309. The number of hydrogen-bond donors (Lipinski definition) is 1. The predicted molar refractivity (Wildman–Crippen MR) is 95.9 cm³/mol. The lowest BCUT2D eigenvalue weighted by Crippen LogP contribution is -2.24. The van der Waals surface area contributed by atoms with E-state index < -0.39 is 0 Å². The van der Waals surface area contributed by atoms with Crippen molar-refractivity contribution in [1.82, 2.24) is 5.43 Å². The molecule has 0 fully saturated rings. The van der Waals surface area contributed by atoms with Crippen LogP contribution in [0.2, 0.25) is 0 Å². The number of carbonyl (C=O) groups is 1. The van der Waals surface area contributed by atoms with Crippen molar-refractivity contribution in [1.29, 1.82) is 0 Å². The van der Waals surface area contributed by atoms with Gasteiger partial charge in [0.05, 0.1) is 10.7 Å². The zero-order valence-corrected chi connectivity index (χ0v) is 14.7. The molecule has 0 saturated carbocycles. The minimum Gasteiger partial charge on any atom is -0.483 e. The summed E-state index contributed by atoms with van der Waals surface area (Å²) in [5.41, 5.74) is 4.65. The maximum Gasteiger partial charge on any atom is 0.277 e. The van der Waals surface area contributed by atoms with Crippen LogP contribution in [0.15, 0.2) is 58.1 Å². The zero-order chi connectivity index (χ0) is 16.7. The predicted octanol–water partition coefficient (Wildman–Crippen LogP) is 4.10. The summed E-state index contributed by atoms with van der Waals surface area (Å²) in [5.74, 6) is 0.807. The third-order valence-corrected chi connectivity index (χ3v) is 3.86. The number of nitrogens with one attached hydrogen (secondary N) is 1. The highest BCUT2D eigenvalue weighted by molar-refractivity contribution is 9.10. The van der Waals surface area contributed by atoms with Gasteiger partial charge >= 0.3 is 0 Å². The van der Waals surface area contributed by atoms with Crippen LogP contribution < -0.4 is 10.2 Å². The van der Waals surface area contributed by atoms with Crippen molar-refractivity contribution in [3.8, 4) is 5.75 Å². The third-order valence-electron chi connectivity index (χ3n) is 3.20. The number of carbonyl (C=O) groups excluding carboxylic acids is 1. The minimum absolute atomic E-state index is 0.0910. The third kappa shape index (κ3) is 5.53. The number of ether oxygens (including phenoxy) is 1. The lowest BCUT2D eigenvalue weighted by molar-refractivity contribution is -0.123. The van der Waals surface area contributed by atoms with Gasteiger partial charge in [0.1, 0.15) is 5.75 Å². The highest BCUT2D eigenvalue weighted by atomic mass is 79.9. The Morgan fingerprint density at radius 1 is 1.22 bits per heavy atom. The van der Waals surface area contributed by atoms with E-state index in [4.69, 9.17) is 4.74 Å². The molecule has 0 heterocycles. The molecule has 23 heavy (non-hydrogen) atoms. The van der Waals surface area contributed by atoms with E-state index in [0.717, 1.165) is 10.0 Å². The summed E-state index contributed by atoms with van der Waals surface area (Å²) in [6.45, 7) is 4.20. The Morgan fingerprint density at radius 2 is 1.91 bits per heavy atom. The lowest BCUT2D eigenvalue weighted by Gasteiger charge is -2.06. The molecule has 0 aliphatic heterocycles. The molecule has 2 aromatic carbocycles. The number of hydrogen-bond acceptors (Lipinski definition) is 3. The Balaban J connectivity index is 1.80. The van der Waals surface area contributed by atoms with Crippen LogP contribution in [0.25, 0.3) is 0 Å². The maximum absolute atomic E-state index is 11.7. The molecule has 1 amide bonds. The van der Waals surface area contributed by atoms with Crippen LogP contribution in [-0.2, 0) is 4.79 Å². The summed E-state index contributed by atoms with van der Waals surface area (Å²) >= 11 is 3.36. The average molecular weight is 375 g/mol. The van der Waals surface area contributed by atoms with Gasteiger partial charge in [-0.15, -0.1) is 0 Å². The molecule has 0 unspecified atom stereocenters. The molecule has 0 radical (unpaired) electrons. The van der Waals surface area contributed by atoms with E-state index in [1.807, 2.05) is 30.3 Å². The highest BCUT2D eigenvalue weighted by Gasteiger charge is 2.04. The normalized spacial score (nSPS) is 11.0. The van der Waals surface area contributed by atoms with Gasteiger partial charge in [0.15, 0.2) is 6.61 Å². The molecule has 0 saturated heterocycles. The highest BCUT2D eigenvalue weighted by Crippen LogP contribution is 2.23. The Morgan fingerprint density at radius 3 is 2.57 bits per heavy atom. The van der Waals surface area contributed by atoms with Crippen molar-refractivity contribution in [2.24, 2.45) is 5.10 Å². The van der Waals surface area contributed by atoms with Crippen LogP contribution in [0.4, 0.5) is 0 Å². The summed E-state index contributed by atoms with van der Waals surface area (Å²) < 4.78 is 6.22. The Kier molecular flexibility index (Phi) is 6.35. The number of nitrogens with zero attached hydrogens (tertiary/aromatic N) is 1. The molecule has 120 valence electrons. The average Bonchev–Trinajstić information content (AvgIpc) is 2.54. The standard InChI is InChI=1S/C18H19BrN2O2/c1-13(2)15-9-7-14(8-10-15)11-20-21-18(22)12-23-17-6-4-3-5-16(17)19/h3-11,13H,12H2,1-2H3,(H,21,22)/b20-11+. The Bertz CT molecular complexity index is 682. The molecule has 1 N–H and O–H groups in total. The Hall–Kier alpha value is -2.14. The van der Waals surface area contributed by atoms with Gasteiger partial charge in [0, 0.05) is 0 Å². The van der Waals surface area contributed by atoms with Crippen LogP contribution >= 0.6 is 15.9 Å². The largest absolute Gasteiger partial charge is 0.483 e. The van der Waals surface area contributed by atoms with E-state index in [1.54, 1.807) is 12.3 Å². The number of rotatable bonds is 6. The molecule has 0 aliphatic rings. The molecular formula is C18H19BrN2O2. The van der Waals surface area contributed by atoms with Crippen LogP contribution in [0, 0.1) is 0 Å². The molecule has 0 aromatic heterocycles. The summed E-state index contributed by atoms with van der Waals surface area (Å²) in [6.07, 6.45) is 1.61. The maximum atomic E-state index is 11.7. The van der Waals surface area contributed by atoms with Gasteiger partial charge in [-0.25, -0.2) is 5.43 Å². The SMILES string of the molecule is CC(C)c1ccc(/C=N/NC(=O)COc2ccccc2Br)cc1. The van der Waals surface area contributed by atoms with Gasteiger partial charge in [0.25, 0.3) is 5.91 Å². The number of para-hydroxylation sites is 1. The molecule has 2 aromatic rings. The van der Waals surface area contributed by atoms with Crippen molar-refractivity contribution < 1.29 is 9.53 Å². The summed E-state index contributed by atoms with van der Waals surface area (Å²) in [4.78, 5) is 11.7. The second-order valence-electron chi connectivity index (χ2n) is 5.33. The number of halogens is 1. The van der Waals surface area contributed by atoms with E-state index in [9.17, 15) is 4.79 Å². The van der Waals surface area contributed by atoms with Crippen molar-refractivity contribution in [2.75, 3.05) is 6.61 Å². The number of amides is 1. The van der Waals surface area contributed by atoms with Gasteiger partial charge in [-0.2, -0.15) is 5.10 Å². The van der Waals surface area contributed by atoms with Gasteiger partial charge in [-0.1, -0.05) is 50.2 Å². The van der Waals surface area contributed by atoms with Crippen LogP contribution in [0.5, 0.6) is 5.75 Å². The first-order chi connectivity index (χ1) is 11.1. The van der Waals surface area contributed by atoms with E-state index in [0.29, 0.717) is 11.7 Å². The smallest absolute Gasteiger partial charge is 0.277 e. The van der Waals surface area contributed by atoms with E-state index in [2.05, 4.69) is 52.4 Å².